The number of hydrogen-bond acceptors (Lipinski definition) is 1. The first-order valence-corrected chi connectivity index (χ1v) is 13.7. The van der Waals surface area contributed by atoms with Crippen molar-refractivity contribution in [3.63, 3.8) is 0 Å². The summed E-state index contributed by atoms with van der Waals surface area (Å²) in [6.07, 6.45) is 0. The van der Waals surface area contributed by atoms with Crippen LogP contribution in [-0.4, -0.2) is 4.57 Å². The molecule has 9 rings (SSSR count). The molecule has 2 aromatic heterocycles. The topological polar surface area (TPSA) is 18.1 Å². The van der Waals surface area contributed by atoms with Gasteiger partial charge in [-0.05, 0) is 75.1 Å². The highest BCUT2D eigenvalue weighted by Gasteiger charge is 2.17. The van der Waals surface area contributed by atoms with Crippen LogP contribution < -0.4 is 0 Å². The van der Waals surface area contributed by atoms with E-state index in [-0.39, 0.29) is 0 Å². The van der Waals surface area contributed by atoms with E-state index < -0.39 is 0 Å². The van der Waals surface area contributed by atoms with Crippen molar-refractivity contribution >= 4 is 65.3 Å². The Bertz CT molecular complexity index is 2330. The number of nitrogens with zero attached hydrogens (tertiary/aromatic N) is 1. The molecule has 0 aliphatic heterocycles. The van der Waals surface area contributed by atoms with E-state index in [0.717, 1.165) is 33.2 Å². The van der Waals surface area contributed by atoms with Gasteiger partial charge in [0.25, 0.3) is 0 Å². The highest BCUT2D eigenvalue weighted by molar-refractivity contribution is 6.28. The molecule has 0 aliphatic carbocycles. The van der Waals surface area contributed by atoms with Crippen LogP contribution in [-0.2, 0) is 0 Å². The molecule has 0 bridgehead atoms. The molecule has 7 aromatic carbocycles. The average Bonchev–Trinajstić information content (AvgIpc) is 3.57. The van der Waals surface area contributed by atoms with Gasteiger partial charge in [0.15, 0.2) is 0 Å². The van der Waals surface area contributed by atoms with Crippen LogP contribution in [0.1, 0.15) is 0 Å². The lowest BCUT2D eigenvalue weighted by molar-refractivity contribution is 0.669. The molecule has 0 unspecified atom stereocenters. The van der Waals surface area contributed by atoms with Gasteiger partial charge in [0.1, 0.15) is 11.2 Å². The molecule has 2 heteroatoms. The van der Waals surface area contributed by atoms with Crippen molar-refractivity contribution in [1.29, 1.82) is 0 Å². The average molecular weight is 510 g/mol. The van der Waals surface area contributed by atoms with E-state index in [4.69, 9.17) is 4.42 Å². The Kier molecular flexibility index (Phi) is 4.36. The van der Waals surface area contributed by atoms with E-state index in [1.807, 2.05) is 12.1 Å². The number of benzene rings is 7. The van der Waals surface area contributed by atoms with Crippen LogP contribution in [0.3, 0.4) is 0 Å². The lowest BCUT2D eigenvalue weighted by atomic mass is 10.00. The first-order chi connectivity index (χ1) is 19.8. The molecule has 0 amide bonds. The van der Waals surface area contributed by atoms with E-state index in [2.05, 4.69) is 132 Å². The quantitative estimate of drug-likeness (QED) is 0.227. The molecular weight excluding hydrogens is 486 g/mol. The predicted molar refractivity (Wildman–Crippen MR) is 169 cm³/mol. The Morgan fingerprint density at radius 2 is 0.950 bits per heavy atom. The third-order valence-electron chi connectivity index (χ3n) is 8.38. The minimum Gasteiger partial charge on any atom is -0.456 e. The maximum absolute atomic E-state index is 6.16. The molecule has 0 saturated heterocycles. The van der Waals surface area contributed by atoms with Crippen molar-refractivity contribution in [2.75, 3.05) is 0 Å². The van der Waals surface area contributed by atoms with E-state index in [1.165, 1.54) is 48.9 Å². The van der Waals surface area contributed by atoms with Gasteiger partial charge >= 0.3 is 0 Å². The van der Waals surface area contributed by atoms with Crippen LogP contribution in [0.15, 0.2) is 144 Å². The van der Waals surface area contributed by atoms with Crippen molar-refractivity contribution in [3.8, 4) is 16.8 Å². The molecule has 0 aliphatic rings. The van der Waals surface area contributed by atoms with Crippen LogP contribution in [0.2, 0.25) is 0 Å². The largest absolute Gasteiger partial charge is 0.456 e. The van der Waals surface area contributed by atoms with E-state index >= 15 is 0 Å². The second kappa shape index (κ2) is 8.08. The number of para-hydroxylation sites is 1. The zero-order valence-corrected chi connectivity index (χ0v) is 21.6. The Morgan fingerprint density at radius 1 is 0.400 bits per heavy atom. The number of aromatic nitrogens is 1. The molecule has 0 saturated carbocycles. The minimum absolute atomic E-state index is 0.920. The van der Waals surface area contributed by atoms with Crippen molar-refractivity contribution < 1.29 is 4.42 Å². The summed E-state index contributed by atoms with van der Waals surface area (Å²) in [5.74, 6) is 0. The molecule has 0 radical (unpaired) electrons. The van der Waals surface area contributed by atoms with Gasteiger partial charge in [-0.3, -0.25) is 0 Å². The molecule has 0 N–H and O–H groups in total. The lowest BCUT2D eigenvalue weighted by Gasteiger charge is -2.10. The summed E-state index contributed by atoms with van der Waals surface area (Å²) >= 11 is 0. The SMILES string of the molecule is c1ccc2c(c1)ccc1c2c2c3ccccc3ccc2n1-c1ccc(-c2ccc3c(c2)oc2ccccc23)cc1. The van der Waals surface area contributed by atoms with Gasteiger partial charge in [-0.25, -0.2) is 0 Å². The molecule has 186 valence electrons. The zero-order valence-electron chi connectivity index (χ0n) is 21.6. The highest BCUT2D eigenvalue weighted by Crippen LogP contribution is 2.41. The number of hydrogen-bond donors (Lipinski definition) is 0. The van der Waals surface area contributed by atoms with Crippen LogP contribution in [0, 0.1) is 0 Å². The first kappa shape index (κ1) is 21.6. The number of fused-ring (bicyclic) bond motifs is 10. The Balaban J connectivity index is 1.26. The molecular formula is C38H23NO. The number of furan rings is 1. The van der Waals surface area contributed by atoms with Crippen molar-refractivity contribution in [2.24, 2.45) is 0 Å². The van der Waals surface area contributed by atoms with Crippen LogP contribution in [0.25, 0.3) is 82.1 Å². The predicted octanol–water partition coefficient (Wildman–Crippen LogP) is 10.7. The van der Waals surface area contributed by atoms with Gasteiger partial charge in [0.2, 0.25) is 0 Å². The fraction of sp³-hybridized carbons (Fsp3) is 0. The Morgan fingerprint density at radius 3 is 1.62 bits per heavy atom. The molecule has 0 fully saturated rings. The lowest BCUT2D eigenvalue weighted by Crippen LogP contribution is -1.93. The minimum atomic E-state index is 0.920. The zero-order chi connectivity index (χ0) is 26.2. The van der Waals surface area contributed by atoms with Crippen molar-refractivity contribution in [2.45, 2.75) is 0 Å². The summed E-state index contributed by atoms with van der Waals surface area (Å²) < 4.78 is 8.57. The van der Waals surface area contributed by atoms with Gasteiger partial charge in [-0.15, -0.1) is 0 Å². The first-order valence-electron chi connectivity index (χ1n) is 13.7. The molecule has 2 heterocycles. The standard InChI is InChI=1S/C38H23NO/c1-3-9-29-25(7-1)16-21-33-37(29)38-30-10-4-2-8-26(30)17-22-34(38)39(33)28-18-13-24(14-19-28)27-15-20-32-31-11-5-6-12-35(31)40-36(32)23-27/h1-23H. The molecule has 2 nitrogen and oxygen atoms in total. The smallest absolute Gasteiger partial charge is 0.136 e. The van der Waals surface area contributed by atoms with Crippen LogP contribution in [0.4, 0.5) is 0 Å². The van der Waals surface area contributed by atoms with Crippen LogP contribution in [0.5, 0.6) is 0 Å². The summed E-state index contributed by atoms with van der Waals surface area (Å²) in [6, 6.07) is 50.1. The van der Waals surface area contributed by atoms with Gasteiger partial charge in [-0.1, -0.05) is 97.1 Å². The van der Waals surface area contributed by atoms with Crippen LogP contribution >= 0.6 is 0 Å². The summed E-state index contributed by atoms with van der Waals surface area (Å²) in [6.45, 7) is 0. The molecule has 0 atom stereocenters. The van der Waals surface area contributed by atoms with Gasteiger partial charge in [0.05, 0.1) is 11.0 Å². The fourth-order valence-electron chi connectivity index (χ4n) is 6.53. The van der Waals surface area contributed by atoms with E-state index in [0.29, 0.717) is 0 Å². The summed E-state index contributed by atoms with van der Waals surface area (Å²) in [7, 11) is 0. The Hall–Kier alpha value is -5.34. The maximum atomic E-state index is 6.16. The third-order valence-corrected chi connectivity index (χ3v) is 8.38. The van der Waals surface area contributed by atoms with Gasteiger partial charge in [0, 0.05) is 27.2 Å². The van der Waals surface area contributed by atoms with E-state index in [9.17, 15) is 0 Å². The second-order valence-corrected chi connectivity index (χ2v) is 10.6. The molecule has 40 heavy (non-hydrogen) atoms. The van der Waals surface area contributed by atoms with Gasteiger partial charge in [-0.2, -0.15) is 0 Å². The monoisotopic (exact) mass is 509 g/mol. The highest BCUT2D eigenvalue weighted by atomic mass is 16.3. The summed E-state index contributed by atoms with van der Waals surface area (Å²) in [4.78, 5) is 0. The fourth-order valence-corrected chi connectivity index (χ4v) is 6.53. The molecule has 0 spiro atoms. The van der Waals surface area contributed by atoms with E-state index in [1.54, 1.807) is 0 Å². The van der Waals surface area contributed by atoms with Crippen molar-refractivity contribution in [1.82, 2.24) is 4.57 Å². The summed E-state index contributed by atoms with van der Waals surface area (Å²) in [5.41, 5.74) is 7.77. The molecule has 9 aromatic rings. The third kappa shape index (κ3) is 2.99. The van der Waals surface area contributed by atoms with Gasteiger partial charge < -0.3 is 8.98 Å². The summed E-state index contributed by atoms with van der Waals surface area (Å²) in [5, 5.41) is 10.0. The normalized spacial score (nSPS) is 12.0. The van der Waals surface area contributed by atoms with Crippen molar-refractivity contribution in [3.05, 3.63) is 140 Å². The number of rotatable bonds is 2. The second-order valence-electron chi connectivity index (χ2n) is 10.6. The Labute approximate surface area is 230 Å². The maximum Gasteiger partial charge on any atom is 0.136 e.